The Balaban J connectivity index is 1.47. The molecule has 3 aromatic rings. The van der Waals surface area contributed by atoms with E-state index < -0.39 is 17.8 Å². The van der Waals surface area contributed by atoms with Gasteiger partial charge in [0.1, 0.15) is 18.2 Å². The van der Waals surface area contributed by atoms with Crippen molar-refractivity contribution in [2.45, 2.75) is 25.4 Å². The summed E-state index contributed by atoms with van der Waals surface area (Å²) in [5.74, 6) is 0.160. The summed E-state index contributed by atoms with van der Waals surface area (Å²) >= 11 is 0. The third kappa shape index (κ3) is 3.14. The number of hydrogen-bond donors (Lipinski definition) is 1. The van der Waals surface area contributed by atoms with Crippen molar-refractivity contribution in [1.29, 1.82) is 0 Å². The van der Waals surface area contributed by atoms with E-state index in [1.54, 1.807) is 13.1 Å². The first-order valence-corrected chi connectivity index (χ1v) is 9.50. The Morgan fingerprint density at radius 1 is 1.23 bits per heavy atom. The van der Waals surface area contributed by atoms with E-state index in [2.05, 4.69) is 9.97 Å². The lowest BCUT2D eigenvalue weighted by Crippen LogP contribution is -2.32. The molecule has 10 heteroatoms. The second-order valence-electron chi connectivity index (χ2n) is 7.54. The molecule has 0 aliphatic carbocycles. The summed E-state index contributed by atoms with van der Waals surface area (Å²) in [4.78, 5) is 23.2. The SMILES string of the molecule is CN(C(=O)c1cnc2nc(N)c3c(c2c1)COC3)[C@H]1COc2cc(C(F)(F)F)ccc21. The predicted molar refractivity (Wildman–Crippen MR) is 104 cm³/mol. The number of nitrogens with two attached hydrogens (primary N) is 1. The maximum absolute atomic E-state index is 13.2. The summed E-state index contributed by atoms with van der Waals surface area (Å²) in [5, 5.41) is 0.693. The number of anilines is 1. The number of ether oxygens (including phenoxy) is 2. The van der Waals surface area contributed by atoms with Gasteiger partial charge in [-0.15, -0.1) is 0 Å². The lowest BCUT2D eigenvalue weighted by Gasteiger charge is -2.24. The van der Waals surface area contributed by atoms with Gasteiger partial charge in [0.25, 0.3) is 5.91 Å². The molecular formula is C21H17F3N4O3. The van der Waals surface area contributed by atoms with Crippen LogP contribution in [0.15, 0.2) is 30.5 Å². The van der Waals surface area contributed by atoms with Gasteiger partial charge in [-0.2, -0.15) is 13.2 Å². The number of nitrogens with zero attached hydrogens (tertiary/aromatic N) is 3. The zero-order valence-corrected chi connectivity index (χ0v) is 16.4. The molecule has 2 aliphatic heterocycles. The Labute approximate surface area is 174 Å². The van der Waals surface area contributed by atoms with Gasteiger partial charge in [-0.3, -0.25) is 4.79 Å². The van der Waals surface area contributed by atoms with Crippen molar-refractivity contribution in [3.8, 4) is 5.75 Å². The maximum Gasteiger partial charge on any atom is 0.416 e. The van der Waals surface area contributed by atoms with E-state index in [4.69, 9.17) is 15.2 Å². The average molecular weight is 430 g/mol. The molecule has 4 heterocycles. The molecule has 0 saturated heterocycles. The largest absolute Gasteiger partial charge is 0.491 e. The number of benzene rings is 1. The smallest absolute Gasteiger partial charge is 0.416 e. The van der Waals surface area contributed by atoms with Crippen LogP contribution in [0.2, 0.25) is 0 Å². The normalized spacial score (nSPS) is 17.4. The zero-order valence-electron chi connectivity index (χ0n) is 16.4. The van der Waals surface area contributed by atoms with Crippen molar-refractivity contribution in [2.75, 3.05) is 19.4 Å². The van der Waals surface area contributed by atoms with Gasteiger partial charge >= 0.3 is 6.18 Å². The molecule has 31 heavy (non-hydrogen) atoms. The van der Waals surface area contributed by atoms with E-state index in [9.17, 15) is 18.0 Å². The Morgan fingerprint density at radius 2 is 2.00 bits per heavy atom. The van der Waals surface area contributed by atoms with Crippen LogP contribution in [-0.4, -0.2) is 34.4 Å². The highest BCUT2D eigenvalue weighted by Gasteiger charge is 2.36. The number of carbonyl (C=O) groups excluding carboxylic acids is 1. The fraction of sp³-hybridized carbons (Fsp3) is 0.286. The van der Waals surface area contributed by atoms with Crippen molar-refractivity contribution in [3.63, 3.8) is 0 Å². The fourth-order valence-corrected chi connectivity index (χ4v) is 4.00. The van der Waals surface area contributed by atoms with E-state index in [-0.39, 0.29) is 18.3 Å². The molecule has 0 radical (unpaired) electrons. The molecular weight excluding hydrogens is 413 g/mol. The Hall–Kier alpha value is -3.40. The molecule has 0 bridgehead atoms. The zero-order chi connectivity index (χ0) is 21.9. The Morgan fingerprint density at radius 3 is 2.77 bits per heavy atom. The van der Waals surface area contributed by atoms with Gasteiger partial charge in [0.2, 0.25) is 0 Å². The van der Waals surface area contributed by atoms with Crippen LogP contribution in [0.1, 0.15) is 38.7 Å². The molecule has 7 nitrogen and oxygen atoms in total. The minimum absolute atomic E-state index is 0.0707. The number of aromatic nitrogens is 2. The van der Waals surface area contributed by atoms with Crippen molar-refractivity contribution < 1.29 is 27.4 Å². The van der Waals surface area contributed by atoms with Gasteiger partial charge in [-0.25, -0.2) is 9.97 Å². The van der Waals surface area contributed by atoms with Crippen molar-refractivity contribution in [2.24, 2.45) is 0 Å². The number of amides is 1. The van der Waals surface area contributed by atoms with Crippen LogP contribution in [0.25, 0.3) is 11.0 Å². The molecule has 0 saturated carbocycles. The molecule has 0 fully saturated rings. The van der Waals surface area contributed by atoms with Crippen molar-refractivity contribution >= 4 is 22.8 Å². The summed E-state index contributed by atoms with van der Waals surface area (Å²) in [6.07, 6.45) is -3.05. The van der Waals surface area contributed by atoms with Crippen LogP contribution in [0.3, 0.4) is 0 Å². The third-order valence-electron chi connectivity index (χ3n) is 5.72. The molecule has 0 unspecified atom stereocenters. The lowest BCUT2D eigenvalue weighted by atomic mass is 10.0. The molecule has 2 aliphatic rings. The second kappa shape index (κ2) is 6.81. The van der Waals surface area contributed by atoms with E-state index >= 15 is 0 Å². The number of rotatable bonds is 2. The standard InChI is InChI=1S/C21H17F3N4O3/c1-28(16-9-31-17-5-11(21(22,23)24)2-3-12(16)17)20(29)10-4-13-14-7-30-8-15(14)18(25)27-19(13)26-6-10/h2-6,16H,7-9H2,1H3,(H2,25,26,27)/t16-/m0/s1. The minimum Gasteiger partial charge on any atom is -0.491 e. The van der Waals surface area contributed by atoms with Gasteiger partial charge in [-0.1, -0.05) is 6.07 Å². The predicted octanol–water partition coefficient (Wildman–Crippen LogP) is 3.47. The summed E-state index contributed by atoms with van der Waals surface area (Å²) < 4.78 is 49.8. The number of hydrogen-bond acceptors (Lipinski definition) is 6. The van der Waals surface area contributed by atoms with Crippen molar-refractivity contribution in [1.82, 2.24) is 14.9 Å². The number of carbonyl (C=O) groups is 1. The highest BCUT2D eigenvalue weighted by Crippen LogP contribution is 2.40. The number of pyridine rings is 2. The van der Waals surface area contributed by atoms with Gasteiger partial charge in [0, 0.05) is 29.8 Å². The molecule has 0 spiro atoms. The van der Waals surface area contributed by atoms with Gasteiger partial charge in [-0.05, 0) is 23.8 Å². The molecule has 2 aromatic heterocycles. The summed E-state index contributed by atoms with van der Waals surface area (Å²) in [5.41, 5.74) is 8.11. The van der Waals surface area contributed by atoms with E-state index in [1.807, 2.05) is 0 Å². The highest BCUT2D eigenvalue weighted by atomic mass is 19.4. The number of likely N-dealkylation sites (N-methyl/N-ethyl adjacent to an activating group) is 1. The molecule has 2 N–H and O–H groups in total. The quantitative estimate of drug-likeness (QED) is 0.670. The first kappa shape index (κ1) is 19.6. The molecule has 1 aromatic carbocycles. The number of nitrogen functional groups attached to an aromatic ring is 1. The number of halogens is 3. The van der Waals surface area contributed by atoms with Gasteiger partial charge in [0.05, 0.1) is 30.4 Å². The van der Waals surface area contributed by atoms with Crippen LogP contribution >= 0.6 is 0 Å². The van der Waals surface area contributed by atoms with E-state index in [0.717, 1.165) is 23.3 Å². The Bertz CT molecular complexity index is 1230. The fourth-order valence-electron chi connectivity index (χ4n) is 4.00. The second-order valence-corrected chi connectivity index (χ2v) is 7.54. The van der Waals surface area contributed by atoms with Crippen LogP contribution in [0, 0.1) is 0 Å². The van der Waals surface area contributed by atoms with Crippen LogP contribution in [0.4, 0.5) is 19.0 Å². The van der Waals surface area contributed by atoms with Gasteiger partial charge in [0.15, 0.2) is 5.65 Å². The minimum atomic E-state index is -4.46. The Kier molecular flexibility index (Phi) is 4.30. The van der Waals surface area contributed by atoms with Crippen LogP contribution < -0.4 is 10.5 Å². The first-order valence-electron chi connectivity index (χ1n) is 9.50. The van der Waals surface area contributed by atoms with Crippen LogP contribution in [-0.2, 0) is 24.1 Å². The summed E-state index contributed by atoms with van der Waals surface area (Å²) in [7, 11) is 1.59. The summed E-state index contributed by atoms with van der Waals surface area (Å²) in [6, 6.07) is 4.50. The molecule has 1 atom stereocenters. The van der Waals surface area contributed by atoms with E-state index in [1.165, 1.54) is 17.2 Å². The molecule has 5 rings (SSSR count). The maximum atomic E-state index is 13.2. The number of alkyl halides is 3. The molecule has 1 amide bonds. The topological polar surface area (TPSA) is 90.6 Å². The molecule has 160 valence electrons. The first-order chi connectivity index (χ1) is 14.7. The van der Waals surface area contributed by atoms with Crippen molar-refractivity contribution in [3.05, 3.63) is 58.3 Å². The number of fused-ring (bicyclic) bond motifs is 4. The van der Waals surface area contributed by atoms with Crippen LogP contribution in [0.5, 0.6) is 5.75 Å². The van der Waals surface area contributed by atoms with Gasteiger partial charge < -0.3 is 20.1 Å². The summed E-state index contributed by atoms with van der Waals surface area (Å²) in [6.45, 7) is 0.790. The average Bonchev–Trinajstić information content (AvgIpc) is 3.39. The third-order valence-corrected chi connectivity index (χ3v) is 5.72. The monoisotopic (exact) mass is 430 g/mol. The highest BCUT2D eigenvalue weighted by molar-refractivity contribution is 5.98. The lowest BCUT2D eigenvalue weighted by molar-refractivity contribution is -0.137. The van der Waals surface area contributed by atoms with E-state index in [0.29, 0.717) is 41.2 Å².